The third kappa shape index (κ3) is 3.05. The van der Waals surface area contributed by atoms with Gasteiger partial charge in [0.1, 0.15) is 0 Å². The van der Waals surface area contributed by atoms with Gasteiger partial charge < -0.3 is 11.1 Å². The summed E-state index contributed by atoms with van der Waals surface area (Å²) in [7, 11) is -3.27. The second kappa shape index (κ2) is 5.59. The summed E-state index contributed by atoms with van der Waals surface area (Å²) in [6.07, 6.45) is 0.585. The molecule has 8 heteroatoms. The normalized spacial score (nSPS) is 18.9. The van der Waals surface area contributed by atoms with E-state index in [1.807, 2.05) is 0 Å². The van der Waals surface area contributed by atoms with Gasteiger partial charge in [-0.25, -0.2) is 8.42 Å². The van der Waals surface area contributed by atoms with Gasteiger partial charge in [0, 0.05) is 12.2 Å². The Labute approximate surface area is 122 Å². The highest BCUT2D eigenvalue weighted by molar-refractivity contribution is 7.93. The number of nitrogens with one attached hydrogen (secondary N) is 1. The van der Waals surface area contributed by atoms with E-state index in [-0.39, 0.29) is 16.7 Å². The molecule has 1 saturated heterocycles. The van der Waals surface area contributed by atoms with Crippen molar-refractivity contribution in [1.82, 2.24) is 0 Å². The fraction of sp³-hybridized carbons (Fsp3) is 0.417. The van der Waals surface area contributed by atoms with Crippen LogP contribution < -0.4 is 15.4 Å². The van der Waals surface area contributed by atoms with E-state index in [1.165, 1.54) is 10.4 Å². The van der Waals surface area contributed by atoms with E-state index >= 15 is 0 Å². The Balaban J connectivity index is 2.25. The molecule has 1 atom stereocenters. The van der Waals surface area contributed by atoms with Crippen LogP contribution in [-0.2, 0) is 14.8 Å². The number of sulfonamides is 1. The molecule has 0 aliphatic carbocycles. The van der Waals surface area contributed by atoms with E-state index < -0.39 is 16.1 Å². The zero-order valence-electron chi connectivity index (χ0n) is 11.0. The van der Waals surface area contributed by atoms with Crippen molar-refractivity contribution in [3.63, 3.8) is 0 Å². The van der Waals surface area contributed by atoms with Crippen LogP contribution in [0.25, 0.3) is 0 Å². The minimum atomic E-state index is -3.27. The number of halogens is 1. The van der Waals surface area contributed by atoms with Crippen molar-refractivity contribution in [1.29, 1.82) is 0 Å². The van der Waals surface area contributed by atoms with Gasteiger partial charge in [0.2, 0.25) is 15.9 Å². The second-order valence-electron chi connectivity index (χ2n) is 4.69. The monoisotopic (exact) mass is 317 g/mol. The Kier molecular flexibility index (Phi) is 4.22. The first-order chi connectivity index (χ1) is 9.31. The minimum Gasteiger partial charge on any atom is -0.325 e. The predicted molar refractivity (Wildman–Crippen MR) is 79.5 cm³/mol. The quantitative estimate of drug-likeness (QED) is 0.875. The van der Waals surface area contributed by atoms with Crippen LogP contribution in [-0.4, -0.2) is 32.7 Å². The Morgan fingerprint density at radius 2 is 2.20 bits per heavy atom. The average Bonchev–Trinajstić information content (AvgIpc) is 2.69. The van der Waals surface area contributed by atoms with Gasteiger partial charge in [-0.05, 0) is 31.5 Å². The molecule has 20 heavy (non-hydrogen) atoms. The van der Waals surface area contributed by atoms with Crippen molar-refractivity contribution in [2.24, 2.45) is 5.73 Å². The van der Waals surface area contributed by atoms with Gasteiger partial charge in [0.15, 0.2) is 0 Å². The van der Waals surface area contributed by atoms with Gasteiger partial charge in [0.05, 0.1) is 22.5 Å². The molecule has 0 spiro atoms. The van der Waals surface area contributed by atoms with Gasteiger partial charge in [-0.2, -0.15) is 0 Å². The molecular weight excluding hydrogens is 302 g/mol. The molecule has 1 aliphatic rings. The summed E-state index contributed by atoms with van der Waals surface area (Å²) < 4.78 is 25.0. The van der Waals surface area contributed by atoms with Crippen LogP contribution in [0.15, 0.2) is 18.2 Å². The number of carbonyl (C=O) groups is 1. The van der Waals surface area contributed by atoms with Gasteiger partial charge in [-0.15, -0.1) is 0 Å². The molecule has 0 aromatic heterocycles. The van der Waals surface area contributed by atoms with E-state index in [1.54, 1.807) is 19.1 Å². The van der Waals surface area contributed by atoms with Gasteiger partial charge in [-0.3, -0.25) is 9.10 Å². The summed E-state index contributed by atoms with van der Waals surface area (Å²) in [6, 6.07) is 4.08. The van der Waals surface area contributed by atoms with E-state index in [9.17, 15) is 13.2 Å². The summed E-state index contributed by atoms with van der Waals surface area (Å²) in [4.78, 5) is 11.5. The maximum absolute atomic E-state index is 11.8. The number of anilines is 2. The van der Waals surface area contributed by atoms with Crippen LogP contribution >= 0.6 is 11.6 Å². The third-order valence-corrected chi connectivity index (χ3v) is 5.15. The van der Waals surface area contributed by atoms with Crippen molar-refractivity contribution in [3.05, 3.63) is 23.2 Å². The Hall–Kier alpha value is -1.31. The highest BCUT2D eigenvalue weighted by atomic mass is 35.5. The van der Waals surface area contributed by atoms with E-state index in [2.05, 4.69) is 5.32 Å². The summed E-state index contributed by atoms with van der Waals surface area (Å²) in [5, 5.41) is 2.88. The molecule has 0 bridgehead atoms. The molecule has 1 aromatic rings. The predicted octanol–water partition coefficient (Wildman–Crippen LogP) is 1.17. The molecule has 0 unspecified atom stereocenters. The molecule has 1 heterocycles. The number of nitrogens with zero attached hydrogens (tertiary/aromatic N) is 1. The van der Waals surface area contributed by atoms with Crippen LogP contribution in [0.1, 0.15) is 13.3 Å². The Morgan fingerprint density at radius 1 is 1.50 bits per heavy atom. The lowest BCUT2D eigenvalue weighted by molar-refractivity contribution is -0.117. The molecule has 1 aromatic carbocycles. The zero-order valence-corrected chi connectivity index (χ0v) is 12.5. The van der Waals surface area contributed by atoms with Crippen LogP contribution in [0.3, 0.4) is 0 Å². The van der Waals surface area contributed by atoms with E-state index in [0.29, 0.717) is 24.3 Å². The molecule has 110 valence electrons. The third-order valence-electron chi connectivity index (χ3n) is 3.00. The number of amides is 1. The highest BCUT2D eigenvalue weighted by Gasteiger charge is 2.29. The highest BCUT2D eigenvalue weighted by Crippen LogP contribution is 2.33. The summed E-state index contributed by atoms with van der Waals surface area (Å²) in [5.41, 5.74) is 6.37. The van der Waals surface area contributed by atoms with Gasteiger partial charge >= 0.3 is 0 Å². The van der Waals surface area contributed by atoms with Crippen molar-refractivity contribution in [2.45, 2.75) is 19.4 Å². The molecule has 2 rings (SSSR count). The number of hydrogen-bond acceptors (Lipinski definition) is 4. The maximum Gasteiger partial charge on any atom is 0.240 e. The maximum atomic E-state index is 11.8. The standard InChI is InChI=1S/C12H16ClN3O3S/c1-8(14)12(17)15-9-3-4-11(10(13)7-9)16-5-2-6-20(16,18)19/h3-4,7-8H,2,5-6,14H2,1H3,(H,15,17)/t8-/m0/s1. The van der Waals surface area contributed by atoms with Crippen LogP contribution in [0.5, 0.6) is 0 Å². The Morgan fingerprint density at radius 3 is 2.70 bits per heavy atom. The number of rotatable bonds is 3. The van der Waals surface area contributed by atoms with Crippen LogP contribution in [0.4, 0.5) is 11.4 Å². The van der Waals surface area contributed by atoms with Crippen molar-refractivity contribution in [3.8, 4) is 0 Å². The summed E-state index contributed by atoms with van der Waals surface area (Å²) >= 11 is 6.11. The number of nitrogens with two attached hydrogens (primary N) is 1. The lowest BCUT2D eigenvalue weighted by Gasteiger charge is -2.19. The van der Waals surface area contributed by atoms with Crippen molar-refractivity contribution >= 4 is 38.9 Å². The molecule has 1 aliphatic heterocycles. The van der Waals surface area contributed by atoms with E-state index in [0.717, 1.165) is 0 Å². The lowest BCUT2D eigenvalue weighted by atomic mass is 10.2. The van der Waals surface area contributed by atoms with Gasteiger partial charge in [0.25, 0.3) is 0 Å². The molecule has 6 nitrogen and oxygen atoms in total. The summed E-state index contributed by atoms with van der Waals surface area (Å²) in [5.74, 6) is -0.199. The SMILES string of the molecule is C[C@H](N)C(=O)Nc1ccc(N2CCCS2(=O)=O)c(Cl)c1. The molecular formula is C12H16ClN3O3S. The zero-order chi connectivity index (χ0) is 14.9. The first-order valence-electron chi connectivity index (χ1n) is 6.17. The largest absolute Gasteiger partial charge is 0.325 e. The molecule has 1 fully saturated rings. The first kappa shape index (κ1) is 15.1. The fourth-order valence-corrected chi connectivity index (χ4v) is 3.87. The minimum absolute atomic E-state index is 0.131. The average molecular weight is 318 g/mol. The van der Waals surface area contributed by atoms with E-state index in [4.69, 9.17) is 17.3 Å². The number of hydrogen-bond donors (Lipinski definition) is 2. The van der Waals surface area contributed by atoms with Crippen LogP contribution in [0, 0.1) is 0 Å². The fourth-order valence-electron chi connectivity index (χ4n) is 1.95. The van der Waals surface area contributed by atoms with Crippen molar-refractivity contribution < 1.29 is 13.2 Å². The smallest absolute Gasteiger partial charge is 0.240 e. The van der Waals surface area contributed by atoms with Gasteiger partial charge in [-0.1, -0.05) is 11.6 Å². The second-order valence-corrected chi connectivity index (χ2v) is 7.11. The Bertz CT molecular complexity index is 631. The topological polar surface area (TPSA) is 92.5 Å². The molecule has 3 N–H and O–H groups in total. The van der Waals surface area contributed by atoms with Crippen molar-refractivity contribution in [2.75, 3.05) is 21.9 Å². The molecule has 0 saturated carbocycles. The molecule has 1 amide bonds. The number of benzene rings is 1. The molecule has 0 radical (unpaired) electrons. The number of carbonyl (C=O) groups excluding carboxylic acids is 1. The lowest BCUT2D eigenvalue weighted by Crippen LogP contribution is -2.32. The summed E-state index contributed by atoms with van der Waals surface area (Å²) in [6.45, 7) is 2.00. The first-order valence-corrected chi connectivity index (χ1v) is 8.16. The van der Waals surface area contributed by atoms with Crippen LogP contribution in [0.2, 0.25) is 5.02 Å².